The van der Waals surface area contributed by atoms with Crippen molar-refractivity contribution in [3.05, 3.63) is 0 Å². The maximum atomic E-state index is 10.5. The molecule has 0 aromatic carbocycles. The Morgan fingerprint density at radius 3 is 2.33 bits per heavy atom. The van der Waals surface area contributed by atoms with Gasteiger partial charge >= 0.3 is 35.5 Å². The van der Waals surface area contributed by atoms with Crippen LogP contribution in [0.2, 0.25) is 0 Å². The van der Waals surface area contributed by atoms with Gasteiger partial charge in [-0.05, 0) is 12.8 Å². The topological polar surface area (TPSA) is 49.8 Å². The van der Waals surface area contributed by atoms with Crippen LogP contribution in [0.15, 0.2) is 0 Å². The van der Waals surface area contributed by atoms with Crippen LogP contribution in [0.25, 0.3) is 0 Å². The molecule has 1 atom stereocenters. The smallest absolute Gasteiger partial charge is 0.479 e. The van der Waals surface area contributed by atoms with Gasteiger partial charge in [-0.3, -0.25) is 0 Å². The van der Waals surface area contributed by atoms with Gasteiger partial charge in [0.1, 0.15) is 5.60 Å². The number of rotatable bonds is 1. The van der Waals surface area contributed by atoms with E-state index in [0.717, 1.165) is 25.7 Å². The maximum absolute atomic E-state index is 10.5. The number of hydrogen-bond donors (Lipinski definition) is 1. The Kier molecular flexibility index (Phi) is 3.21. The first-order chi connectivity index (χ1) is 5.25. The quantitative estimate of drug-likeness (QED) is 0.381. The zero-order valence-corrected chi connectivity index (χ0v) is 9.38. The van der Waals surface area contributed by atoms with E-state index in [-0.39, 0.29) is 35.2 Å². The van der Waals surface area contributed by atoms with E-state index in [9.17, 15) is 4.79 Å². The second-order valence-electron chi connectivity index (χ2n) is 3.46. The molecule has 2 aliphatic rings. The molecule has 1 aliphatic carbocycles. The number of carboxylic acids is 1. The largest absolute Gasteiger partial charge is 1.00 e. The maximum Gasteiger partial charge on any atom is 1.00 e. The van der Waals surface area contributed by atoms with Crippen LogP contribution in [0, 0.1) is 0 Å². The third kappa shape index (κ3) is 1.69. The Hall–Kier alpha value is 0.430. The molecule has 62 valence electrons. The molecular formula is C8H12NaO3+. The molecule has 1 unspecified atom stereocenters. The van der Waals surface area contributed by atoms with Gasteiger partial charge in [-0.25, -0.2) is 4.79 Å². The summed E-state index contributed by atoms with van der Waals surface area (Å²) < 4.78 is 5.21. The van der Waals surface area contributed by atoms with Crippen LogP contribution in [-0.4, -0.2) is 22.8 Å². The van der Waals surface area contributed by atoms with E-state index in [1.807, 2.05) is 0 Å². The fourth-order valence-corrected chi connectivity index (χ4v) is 2.01. The van der Waals surface area contributed by atoms with Crippen molar-refractivity contribution in [3.63, 3.8) is 0 Å². The van der Waals surface area contributed by atoms with Crippen LogP contribution in [-0.2, 0) is 9.53 Å². The van der Waals surface area contributed by atoms with Crippen LogP contribution < -0.4 is 29.6 Å². The number of carbonyl (C=O) groups is 1. The minimum absolute atomic E-state index is 0. The molecule has 0 aromatic rings. The molecule has 0 aromatic heterocycles. The summed E-state index contributed by atoms with van der Waals surface area (Å²) >= 11 is 0. The van der Waals surface area contributed by atoms with E-state index in [0.29, 0.717) is 0 Å². The third-order valence-corrected chi connectivity index (χ3v) is 2.70. The van der Waals surface area contributed by atoms with Crippen LogP contribution in [0.5, 0.6) is 0 Å². The summed E-state index contributed by atoms with van der Waals surface area (Å²) in [6, 6.07) is 0. The van der Waals surface area contributed by atoms with E-state index < -0.39 is 12.1 Å². The van der Waals surface area contributed by atoms with Crippen LogP contribution in [0.1, 0.15) is 32.1 Å². The van der Waals surface area contributed by atoms with Crippen molar-refractivity contribution >= 4 is 5.97 Å². The molecular weight excluding hydrogens is 167 g/mol. The summed E-state index contributed by atoms with van der Waals surface area (Å²) in [5.74, 6) is -0.785. The average molecular weight is 179 g/mol. The van der Waals surface area contributed by atoms with Crippen molar-refractivity contribution in [2.45, 2.75) is 43.8 Å². The molecule has 1 aliphatic heterocycles. The van der Waals surface area contributed by atoms with Crippen molar-refractivity contribution in [1.82, 2.24) is 0 Å². The molecule has 0 bridgehead atoms. The van der Waals surface area contributed by atoms with Gasteiger partial charge in [0.25, 0.3) is 0 Å². The molecule has 2 rings (SSSR count). The molecule has 1 heterocycles. The Labute approximate surface area is 93.8 Å². The molecule has 0 amide bonds. The van der Waals surface area contributed by atoms with Gasteiger partial charge < -0.3 is 9.84 Å². The summed E-state index contributed by atoms with van der Waals surface area (Å²) in [5.41, 5.74) is -0.232. The second-order valence-corrected chi connectivity index (χ2v) is 3.46. The number of hydrogen-bond acceptors (Lipinski definition) is 2. The zero-order chi connectivity index (χ0) is 7.90. The van der Waals surface area contributed by atoms with Gasteiger partial charge in [-0.15, -0.1) is 0 Å². The van der Waals surface area contributed by atoms with Crippen LogP contribution in [0.3, 0.4) is 0 Å². The van der Waals surface area contributed by atoms with Gasteiger partial charge in [-0.2, -0.15) is 0 Å². The summed E-state index contributed by atoms with van der Waals surface area (Å²) in [6.07, 6.45) is 4.90. The minimum Gasteiger partial charge on any atom is -0.479 e. The Balaban J connectivity index is 0.000000720. The van der Waals surface area contributed by atoms with Crippen LogP contribution >= 0.6 is 0 Å². The number of carboxylic acid groups (broad SMARTS) is 1. The molecule has 1 N–H and O–H groups in total. The summed E-state index contributed by atoms with van der Waals surface area (Å²) in [6.45, 7) is 0. The van der Waals surface area contributed by atoms with E-state index >= 15 is 0 Å². The summed E-state index contributed by atoms with van der Waals surface area (Å²) in [5, 5.41) is 8.65. The zero-order valence-electron chi connectivity index (χ0n) is 7.38. The van der Waals surface area contributed by atoms with E-state index in [2.05, 4.69) is 0 Å². The van der Waals surface area contributed by atoms with E-state index in [4.69, 9.17) is 9.84 Å². The van der Waals surface area contributed by atoms with E-state index in [1.165, 1.54) is 6.42 Å². The van der Waals surface area contributed by atoms with Crippen molar-refractivity contribution in [2.24, 2.45) is 0 Å². The number of ether oxygens (including phenoxy) is 1. The predicted octanol–water partition coefficient (Wildman–Crippen LogP) is -1.82. The fourth-order valence-electron chi connectivity index (χ4n) is 2.01. The van der Waals surface area contributed by atoms with Gasteiger partial charge in [-0.1, -0.05) is 19.3 Å². The molecule has 1 spiro atoms. The van der Waals surface area contributed by atoms with E-state index in [1.54, 1.807) is 0 Å². The molecule has 2 fully saturated rings. The van der Waals surface area contributed by atoms with Crippen molar-refractivity contribution in [1.29, 1.82) is 0 Å². The third-order valence-electron chi connectivity index (χ3n) is 2.70. The SMILES string of the molecule is O=C(O)C1OC12CCCCC2.[Na+]. The Morgan fingerprint density at radius 1 is 1.33 bits per heavy atom. The molecule has 1 saturated heterocycles. The first kappa shape index (κ1) is 10.5. The van der Waals surface area contributed by atoms with Gasteiger partial charge in [0.15, 0.2) is 6.10 Å². The van der Waals surface area contributed by atoms with Crippen LogP contribution in [0.4, 0.5) is 0 Å². The molecule has 12 heavy (non-hydrogen) atoms. The standard InChI is InChI=1S/C8H12O3.Na/c9-7(10)6-8(11-6)4-2-1-3-5-8;/h6H,1-5H2,(H,9,10);/q;+1. The Morgan fingerprint density at radius 2 is 1.92 bits per heavy atom. The minimum atomic E-state index is -0.785. The molecule has 1 saturated carbocycles. The van der Waals surface area contributed by atoms with Gasteiger partial charge in [0.05, 0.1) is 0 Å². The van der Waals surface area contributed by atoms with Gasteiger partial charge in [0.2, 0.25) is 0 Å². The first-order valence-corrected chi connectivity index (χ1v) is 4.15. The van der Waals surface area contributed by atoms with Gasteiger partial charge in [0, 0.05) is 0 Å². The summed E-state index contributed by atoms with van der Waals surface area (Å²) in [4.78, 5) is 10.5. The normalized spacial score (nSPS) is 30.8. The monoisotopic (exact) mass is 179 g/mol. The van der Waals surface area contributed by atoms with Crippen molar-refractivity contribution < 1.29 is 44.2 Å². The summed E-state index contributed by atoms with van der Waals surface area (Å²) in [7, 11) is 0. The number of epoxide rings is 1. The second kappa shape index (κ2) is 3.66. The van der Waals surface area contributed by atoms with Crippen molar-refractivity contribution in [2.75, 3.05) is 0 Å². The molecule has 4 heteroatoms. The fraction of sp³-hybridized carbons (Fsp3) is 0.875. The Bertz CT molecular complexity index is 187. The predicted molar refractivity (Wildman–Crippen MR) is 38.3 cm³/mol. The average Bonchev–Trinajstić information content (AvgIpc) is 2.66. The van der Waals surface area contributed by atoms with Crippen molar-refractivity contribution in [3.8, 4) is 0 Å². The first-order valence-electron chi connectivity index (χ1n) is 4.15. The number of aliphatic carboxylic acids is 1. The molecule has 0 radical (unpaired) electrons. The molecule has 3 nitrogen and oxygen atoms in total.